The molecule has 5 heterocycles. The van der Waals surface area contributed by atoms with Crippen molar-refractivity contribution >= 4 is 68.2 Å². The highest BCUT2D eigenvalue weighted by Gasteiger charge is 2.22. The van der Waals surface area contributed by atoms with Crippen LogP contribution in [0.25, 0.3) is 56.5 Å². The third kappa shape index (κ3) is 11.4. The number of allylic oxidation sites excluding steroid dienone is 4. The average molecular weight is 784 g/mol. The fourth-order valence-electron chi connectivity index (χ4n) is 8.48. The Morgan fingerprint density at radius 3 is 1.50 bits per heavy atom. The summed E-state index contributed by atoms with van der Waals surface area (Å²) in [6.07, 6.45) is 24.2. The minimum Gasteiger partial charge on any atom is -0.356 e. The largest absolute Gasteiger partial charge is 0.356 e. The van der Waals surface area contributed by atoms with Gasteiger partial charge in [-0.15, -0.1) is 0 Å². The Morgan fingerprint density at radius 2 is 1.02 bits per heavy atom. The molecule has 3 N–H and O–H groups in total. The van der Waals surface area contributed by atoms with E-state index in [-0.39, 0.29) is 11.7 Å². The number of amides is 1. The first-order valence-corrected chi connectivity index (χ1v) is 22.2. The summed E-state index contributed by atoms with van der Waals surface area (Å²) in [6.45, 7) is 21.3. The predicted molar refractivity (Wildman–Crippen MR) is 248 cm³/mol. The number of unbranched alkanes of at least 4 members (excludes halogenated alkanes) is 13. The number of Topliss-reactive ketones (excluding diaryl/α,β-unsaturated/α-hetero) is 1. The van der Waals surface area contributed by atoms with E-state index in [2.05, 4.69) is 87.3 Å². The molecular weight excluding hydrogens is 715 g/mol. The Bertz CT molecular complexity index is 2190. The second-order valence-electron chi connectivity index (χ2n) is 16.6. The molecule has 0 aromatic carbocycles. The highest BCUT2D eigenvalue weighted by molar-refractivity contribution is 5.97. The van der Waals surface area contributed by atoms with Crippen molar-refractivity contribution in [2.24, 2.45) is 0 Å². The number of carbonyl (C=O) groups is 2. The maximum atomic E-state index is 13.2. The van der Waals surface area contributed by atoms with Gasteiger partial charge in [0, 0.05) is 52.6 Å². The molecule has 1 amide bonds. The van der Waals surface area contributed by atoms with Gasteiger partial charge in [0.25, 0.3) is 0 Å². The second-order valence-corrected chi connectivity index (χ2v) is 16.6. The van der Waals surface area contributed by atoms with Crippen LogP contribution in [-0.2, 0) is 9.59 Å². The molecule has 58 heavy (non-hydrogen) atoms. The fraction of sp³-hybridized carbons (Fsp3) is 0.490. The van der Waals surface area contributed by atoms with Crippen LogP contribution >= 0.6 is 0 Å². The van der Waals surface area contributed by atoms with Crippen LogP contribution in [0.4, 0.5) is 0 Å². The lowest BCUT2D eigenvalue weighted by atomic mass is 9.97. The number of fused-ring (bicyclic) bond motifs is 8. The Balaban J connectivity index is 1.34. The summed E-state index contributed by atoms with van der Waals surface area (Å²) in [6, 6.07) is 8.39. The van der Waals surface area contributed by atoms with Gasteiger partial charge < -0.3 is 20.1 Å². The molecule has 0 saturated carbocycles. The van der Waals surface area contributed by atoms with Gasteiger partial charge in [-0.25, -0.2) is 9.97 Å². The molecule has 0 spiro atoms. The summed E-state index contributed by atoms with van der Waals surface area (Å²) in [4.78, 5) is 43.1. The lowest BCUT2D eigenvalue weighted by Crippen LogP contribution is -2.24. The van der Waals surface area contributed by atoms with E-state index < -0.39 is 0 Å². The fourth-order valence-corrected chi connectivity index (χ4v) is 8.48. The number of hydrogen-bond donors (Lipinski definition) is 3. The predicted octanol–water partition coefficient (Wildman–Crippen LogP) is 13.8. The molecule has 0 radical (unpaired) electrons. The van der Waals surface area contributed by atoms with Gasteiger partial charge >= 0.3 is 0 Å². The van der Waals surface area contributed by atoms with Gasteiger partial charge in [-0.1, -0.05) is 116 Å². The number of aromatic amines is 2. The Labute approximate surface area is 348 Å². The Hall–Kier alpha value is -4.78. The van der Waals surface area contributed by atoms with E-state index >= 15 is 0 Å². The second kappa shape index (κ2) is 21.8. The summed E-state index contributed by atoms with van der Waals surface area (Å²) < 4.78 is 0. The zero-order valence-electron chi connectivity index (χ0n) is 36.5. The van der Waals surface area contributed by atoms with Crippen LogP contribution in [0.15, 0.2) is 37.4 Å². The molecule has 8 bridgehead atoms. The minimum atomic E-state index is 0.0703. The van der Waals surface area contributed by atoms with Crippen LogP contribution in [0.1, 0.15) is 188 Å². The van der Waals surface area contributed by atoms with Crippen molar-refractivity contribution in [2.45, 2.75) is 157 Å². The quantitative estimate of drug-likeness (QED) is 0.0833. The highest BCUT2D eigenvalue weighted by atomic mass is 16.1. The molecule has 0 saturated heterocycles. The van der Waals surface area contributed by atoms with Gasteiger partial charge in [-0.3, -0.25) is 4.79 Å². The monoisotopic (exact) mass is 784 g/mol. The molecule has 3 aromatic rings. The summed E-state index contributed by atoms with van der Waals surface area (Å²) in [5.41, 5.74) is 15.6. The molecule has 2 aliphatic rings. The molecule has 3 aromatic heterocycles. The van der Waals surface area contributed by atoms with E-state index in [9.17, 15) is 9.59 Å². The van der Waals surface area contributed by atoms with Gasteiger partial charge in [-0.2, -0.15) is 0 Å². The third-order valence-electron chi connectivity index (χ3n) is 12.2. The minimum absolute atomic E-state index is 0.0703. The summed E-state index contributed by atoms with van der Waals surface area (Å²) in [7, 11) is 0. The van der Waals surface area contributed by atoms with Crippen LogP contribution in [0.3, 0.4) is 0 Å². The number of H-pyrrole nitrogens is 2. The lowest BCUT2D eigenvalue weighted by Gasteiger charge is -2.08. The first kappa shape index (κ1) is 44.3. The van der Waals surface area contributed by atoms with Gasteiger partial charge in [0.15, 0.2) is 0 Å². The van der Waals surface area contributed by atoms with Crippen molar-refractivity contribution in [1.82, 2.24) is 25.3 Å². The molecule has 0 fully saturated rings. The average Bonchev–Trinajstić information content (AvgIpc) is 3.86. The topological polar surface area (TPSA) is 104 Å². The zero-order chi connectivity index (χ0) is 41.6. The Kier molecular flexibility index (Phi) is 16.7. The van der Waals surface area contributed by atoms with E-state index in [0.717, 1.165) is 109 Å². The number of aryl methyl sites for hydroxylation is 2. The first-order chi connectivity index (χ1) is 28.1. The Morgan fingerprint density at radius 1 is 0.586 bits per heavy atom. The molecule has 0 aliphatic carbocycles. The van der Waals surface area contributed by atoms with Crippen LogP contribution in [0.5, 0.6) is 0 Å². The third-order valence-corrected chi connectivity index (χ3v) is 12.2. The van der Waals surface area contributed by atoms with Crippen molar-refractivity contribution < 1.29 is 9.59 Å². The number of aromatic nitrogens is 4. The van der Waals surface area contributed by atoms with Crippen molar-refractivity contribution in [3.8, 4) is 0 Å². The number of rotatable bonds is 23. The number of hydrogen-bond acceptors (Lipinski definition) is 4. The SMILES string of the molecule is C=Cc1c(C)c2cc3[nH]c(cc4nc(cc5nc(cc1[nH]2)C(C)=C5CCC(C)=O)C(CCC(=O)NCCCCCCCCCCCCCCCC)=C4C)c(C)c3C=C. The molecule has 7 heteroatoms. The molecule has 2 aliphatic heterocycles. The van der Waals surface area contributed by atoms with Crippen molar-refractivity contribution in [3.63, 3.8) is 0 Å². The van der Waals surface area contributed by atoms with Crippen LogP contribution < -0.4 is 5.32 Å². The van der Waals surface area contributed by atoms with Crippen LogP contribution in [0, 0.1) is 13.8 Å². The maximum absolute atomic E-state index is 13.2. The van der Waals surface area contributed by atoms with E-state index in [0.29, 0.717) is 25.7 Å². The number of nitrogens with zero attached hydrogens (tertiary/aromatic N) is 2. The zero-order valence-corrected chi connectivity index (χ0v) is 36.5. The summed E-state index contributed by atoms with van der Waals surface area (Å²) in [5, 5.41) is 3.19. The summed E-state index contributed by atoms with van der Waals surface area (Å²) >= 11 is 0. The molecule has 5 rings (SSSR count). The molecular formula is C51H69N5O2. The normalized spacial score (nSPS) is 12.7. The van der Waals surface area contributed by atoms with Crippen molar-refractivity contribution in [1.29, 1.82) is 0 Å². The standard InChI is InChI=1S/C51H69N5O2/c1-9-12-13-14-15-16-17-18-19-20-21-22-23-24-29-52-51(58)28-27-42-38(8)44-30-43-35(5)39(10-2)47(53-43)31-45-36(6)40(11-3)48(54-45)32-46-37(7)41(26-25-34(4)57)49(56-46)33-50(42)55-44/h10-11,30-33,53-54H,2-3,9,12-29H2,1,4-8H3,(H,52,58). The molecule has 310 valence electrons. The van der Waals surface area contributed by atoms with Crippen LogP contribution in [0.2, 0.25) is 0 Å². The van der Waals surface area contributed by atoms with E-state index in [1.807, 2.05) is 12.2 Å². The molecule has 0 atom stereocenters. The number of carbonyl (C=O) groups excluding carboxylic acids is 2. The van der Waals surface area contributed by atoms with E-state index in [4.69, 9.17) is 9.97 Å². The van der Waals surface area contributed by atoms with E-state index in [1.54, 1.807) is 6.92 Å². The molecule has 7 nitrogen and oxygen atoms in total. The highest BCUT2D eigenvalue weighted by Crippen LogP contribution is 2.38. The van der Waals surface area contributed by atoms with Crippen molar-refractivity contribution in [2.75, 3.05) is 6.54 Å². The van der Waals surface area contributed by atoms with Gasteiger partial charge in [-0.05, 0) is 112 Å². The van der Waals surface area contributed by atoms with E-state index in [1.165, 1.54) is 77.0 Å². The van der Waals surface area contributed by atoms with Gasteiger partial charge in [0.05, 0.1) is 22.8 Å². The van der Waals surface area contributed by atoms with Gasteiger partial charge in [0.1, 0.15) is 5.78 Å². The number of nitrogens with one attached hydrogen (secondary N) is 3. The smallest absolute Gasteiger partial charge is 0.220 e. The lowest BCUT2D eigenvalue weighted by molar-refractivity contribution is -0.121. The van der Waals surface area contributed by atoms with Crippen molar-refractivity contribution in [3.05, 3.63) is 82.5 Å². The van der Waals surface area contributed by atoms with Gasteiger partial charge in [0.2, 0.25) is 5.91 Å². The van der Waals surface area contributed by atoms with Crippen LogP contribution in [-0.4, -0.2) is 38.2 Å². The maximum Gasteiger partial charge on any atom is 0.220 e. The number of ketones is 1. The molecule has 0 unspecified atom stereocenters. The summed E-state index contributed by atoms with van der Waals surface area (Å²) in [5.74, 6) is 0.213. The first-order valence-electron chi connectivity index (χ1n) is 22.2.